The first kappa shape index (κ1) is 21.5. The molecule has 0 unspecified atom stereocenters. The maximum absolute atomic E-state index is 13.4. The zero-order valence-electron chi connectivity index (χ0n) is 17.3. The van der Waals surface area contributed by atoms with Crippen LogP contribution in [0.4, 0.5) is 0 Å². The molecule has 0 saturated heterocycles. The fourth-order valence-electron chi connectivity index (χ4n) is 4.16. The van der Waals surface area contributed by atoms with Crippen molar-refractivity contribution < 1.29 is 8.42 Å². The van der Waals surface area contributed by atoms with Gasteiger partial charge < -0.3 is 4.57 Å². The van der Waals surface area contributed by atoms with Crippen molar-refractivity contribution in [3.8, 4) is 0 Å². The van der Waals surface area contributed by atoms with Crippen molar-refractivity contribution in [2.24, 2.45) is 0 Å². The summed E-state index contributed by atoms with van der Waals surface area (Å²) in [5, 5.41) is 1.00. The van der Waals surface area contributed by atoms with Crippen molar-refractivity contribution in [3.05, 3.63) is 56.9 Å². The van der Waals surface area contributed by atoms with Crippen LogP contribution in [0.25, 0.3) is 22.1 Å². The van der Waals surface area contributed by atoms with Crippen LogP contribution < -0.4 is 5.69 Å². The smallest absolute Gasteiger partial charge is 0.326 e. The summed E-state index contributed by atoms with van der Waals surface area (Å²) in [4.78, 5) is 22.3. The van der Waals surface area contributed by atoms with Gasteiger partial charge in [0.1, 0.15) is 15.7 Å². The number of hydrogen-bond donors (Lipinski definition) is 0. The van der Waals surface area contributed by atoms with Gasteiger partial charge in [-0.15, -0.1) is 0 Å². The van der Waals surface area contributed by atoms with Gasteiger partial charge in [-0.2, -0.15) is 0 Å². The van der Waals surface area contributed by atoms with Crippen LogP contribution in [0.1, 0.15) is 31.1 Å². The highest BCUT2D eigenvalue weighted by molar-refractivity contribution is 7.90. The number of benzene rings is 1. The molecule has 3 heterocycles. The lowest BCUT2D eigenvalue weighted by molar-refractivity contribution is 0.583. The van der Waals surface area contributed by atoms with Crippen molar-refractivity contribution in [3.63, 3.8) is 0 Å². The lowest BCUT2D eigenvalue weighted by atomic mass is 10.3. The molecule has 1 aromatic carbocycles. The molecule has 0 aliphatic heterocycles. The second-order valence-electron chi connectivity index (χ2n) is 8.26. The molecule has 0 bridgehead atoms. The molecule has 1 aliphatic carbocycles. The zero-order valence-corrected chi connectivity index (χ0v) is 19.7. The monoisotopic (exact) mass is 493 g/mol. The Balaban J connectivity index is 1.62. The number of rotatable bonds is 7. The summed E-state index contributed by atoms with van der Waals surface area (Å²) in [5.41, 5.74) is 2.74. The fourth-order valence-corrected chi connectivity index (χ4v) is 5.22. The highest BCUT2D eigenvalue weighted by atomic mass is 35.5. The first-order valence-corrected chi connectivity index (χ1v) is 13.1. The van der Waals surface area contributed by atoms with Crippen molar-refractivity contribution in [1.82, 2.24) is 23.7 Å². The van der Waals surface area contributed by atoms with Crippen LogP contribution in [0.5, 0.6) is 0 Å². The second-order valence-corrected chi connectivity index (χ2v) is 11.4. The van der Waals surface area contributed by atoms with Gasteiger partial charge >= 0.3 is 5.69 Å². The Hall–Kier alpha value is -2.36. The highest BCUT2D eigenvalue weighted by Gasteiger charge is 2.30. The lowest BCUT2D eigenvalue weighted by Gasteiger charge is -2.10. The SMILES string of the molecule is CS(=O)(=O)CCCn1c(Cn2c(=O)n(C3CC3)c3c(Cl)cncc32)nc2cc(Cl)ccc21. The van der Waals surface area contributed by atoms with Gasteiger partial charge in [0.2, 0.25) is 0 Å². The van der Waals surface area contributed by atoms with Gasteiger partial charge in [0.15, 0.2) is 0 Å². The van der Waals surface area contributed by atoms with E-state index in [1.807, 2.05) is 10.6 Å². The van der Waals surface area contributed by atoms with E-state index >= 15 is 0 Å². The summed E-state index contributed by atoms with van der Waals surface area (Å²) in [6.07, 6.45) is 6.75. The number of aromatic nitrogens is 5. The normalized spacial score (nSPS) is 14.6. The Bertz CT molecular complexity index is 1520. The Morgan fingerprint density at radius 1 is 1.12 bits per heavy atom. The van der Waals surface area contributed by atoms with Gasteiger partial charge in [-0.1, -0.05) is 23.2 Å². The molecule has 1 saturated carbocycles. The largest absolute Gasteiger partial charge is 0.329 e. The summed E-state index contributed by atoms with van der Waals surface area (Å²) in [7, 11) is -3.08. The van der Waals surface area contributed by atoms with Crippen LogP contribution in [0.3, 0.4) is 0 Å². The van der Waals surface area contributed by atoms with Crippen molar-refractivity contribution >= 4 is 55.1 Å². The molecule has 3 aromatic heterocycles. The molecule has 32 heavy (non-hydrogen) atoms. The number of fused-ring (bicyclic) bond motifs is 2. The molecule has 168 valence electrons. The summed E-state index contributed by atoms with van der Waals surface area (Å²) >= 11 is 12.6. The van der Waals surface area contributed by atoms with Gasteiger partial charge in [0, 0.05) is 30.1 Å². The molecule has 0 N–H and O–H groups in total. The highest BCUT2D eigenvalue weighted by Crippen LogP contribution is 2.37. The predicted octanol–water partition coefficient (Wildman–Crippen LogP) is 3.67. The Kier molecular flexibility index (Phi) is 5.30. The Labute approximate surface area is 194 Å². The van der Waals surface area contributed by atoms with E-state index in [9.17, 15) is 13.2 Å². The molecule has 11 heteroatoms. The molecular formula is C21H21Cl2N5O3S. The minimum atomic E-state index is -3.08. The summed E-state index contributed by atoms with van der Waals surface area (Å²) in [6.45, 7) is 0.664. The maximum atomic E-state index is 13.4. The number of imidazole rings is 2. The van der Waals surface area contributed by atoms with Crippen molar-refractivity contribution in [2.75, 3.05) is 12.0 Å². The van der Waals surface area contributed by atoms with E-state index in [2.05, 4.69) is 4.98 Å². The van der Waals surface area contributed by atoms with E-state index in [0.29, 0.717) is 45.4 Å². The summed E-state index contributed by atoms with van der Waals surface area (Å²) in [6, 6.07) is 5.56. The maximum Gasteiger partial charge on any atom is 0.329 e. The zero-order chi connectivity index (χ0) is 22.6. The van der Waals surface area contributed by atoms with E-state index in [-0.39, 0.29) is 24.0 Å². The molecule has 4 aromatic rings. The minimum absolute atomic E-state index is 0.0696. The molecule has 8 nitrogen and oxygen atoms in total. The lowest BCUT2D eigenvalue weighted by Crippen LogP contribution is -2.25. The van der Waals surface area contributed by atoms with Crippen LogP contribution in [0.15, 0.2) is 35.4 Å². The number of sulfone groups is 1. The molecule has 5 rings (SSSR count). The number of pyridine rings is 1. The van der Waals surface area contributed by atoms with E-state index in [4.69, 9.17) is 28.2 Å². The molecule has 0 spiro atoms. The molecule has 1 aliphatic rings. The molecule has 0 radical (unpaired) electrons. The summed E-state index contributed by atoms with van der Waals surface area (Å²) < 4.78 is 28.6. The molecule has 1 fully saturated rings. The molecule has 0 amide bonds. The van der Waals surface area contributed by atoms with Crippen molar-refractivity contribution in [2.45, 2.75) is 38.4 Å². The second kappa shape index (κ2) is 7.90. The van der Waals surface area contributed by atoms with Gasteiger partial charge in [-0.05, 0) is 37.5 Å². The third kappa shape index (κ3) is 3.93. The van der Waals surface area contributed by atoms with Crippen molar-refractivity contribution in [1.29, 1.82) is 0 Å². The van der Waals surface area contributed by atoms with E-state index < -0.39 is 9.84 Å². The Morgan fingerprint density at radius 2 is 1.91 bits per heavy atom. The molecule has 0 atom stereocenters. The van der Waals surface area contributed by atoms with Crippen LogP contribution >= 0.6 is 23.2 Å². The molecular weight excluding hydrogens is 473 g/mol. The van der Waals surface area contributed by atoms with Gasteiger partial charge in [-0.25, -0.2) is 18.2 Å². The van der Waals surface area contributed by atoms with E-state index in [0.717, 1.165) is 18.4 Å². The number of halogens is 2. The first-order valence-electron chi connectivity index (χ1n) is 10.3. The number of hydrogen-bond acceptors (Lipinski definition) is 5. The van der Waals surface area contributed by atoms with E-state index in [1.165, 1.54) is 6.26 Å². The number of nitrogens with zero attached hydrogens (tertiary/aromatic N) is 5. The van der Waals surface area contributed by atoms with Gasteiger partial charge in [0.25, 0.3) is 0 Å². The van der Waals surface area contributed by atoms with Crippen LogP contribution in [-0.2, 0) is 22.9 Å². The third-order valence-electron chi connectivity index (χ3n) is 5.72. The number of aryl methyl sites for hydroxylation is 1. The van der Waals surface area contributed by atoms with Gasteiger partial charge in [0.05, 0.1) is 45.6 Å². The van der Waals surface area contributed by atoms with E-state index in [1.54, 1.807) is 33.7 Å². The van der Waals surface area contributed by atoms with Gasteiger partial charge in [-0.3, -0.25) is 14.1 Å². The fraction of sp³-hybridized carbons (Fsp3) is 0.381. The predicted molar refractivity (Wildman–Crippen MR) is 125 cm³/mol. The summed E-state index contributed by atoms with van der Waals surface area (Å²) in [5.74, 6) is 0.716. The first-order chi connectivity index (χ1) is 15.2. The minimum Gasteiger partial charge on any atom is -0.326 e. The Morgan fingerprint density at radius 3 is 2.62 bits per heavy atom. The standard InChI is InChI=1S/C21H21Cl2N5O3S/c1-32(30,31)8-2-7-26-17-6-3-13(22)9-16(17)25-19(26)12-27-18-11-24-10-15(23)20(18)28(21(27)29)14-4-5-14/h3,6,9-11,14H,2,4-5,7-8,12H2,1H3. The average molecular weight is 494 g/mol. The van der Waals surface area contributed by atoms with Crippen LogP contribution in [0, 0.1) is 0 Å². The topological polar surface area (TPSA) is 91.8 Å². The van der Waals surface area contributed by atoms with Crippen LogP contribution in [0.2, 0.25) is 10.0 Å². The third-order valence-corrected chi connectivity index (χ3v) is 7.26. The van der Waals surface area contributed by atoms with Crippen LogP contribution in [-0.4, -0.2) is 44.1 Å². The quantitative estimate of drug-likeness (QED) is 0.391. The average Bonchev–Trinajstić information content (AvgIpc) is 3.44.